The molecule has 1 N–H and O–H groups in total. The SMILES string of the molecule is C[C@@H](c1nccs1)N(C)C(=O)c1ccc(SCCO)cc1. The van der Waals surface area contributed by atoms with Crippen LogP contribution in [0.15, 0.2) is 40.7 Å². The van der Waals surface area contributed by atoms with Crippen LogP contribution in [0.1, 0.15) is 28.3 Å². The van der Waals surface area contributed by atoms with Gasteiger partial charge in [0.1, 0.15) is 5.01 Å². The highest BCUT2D eigenvalue weighted by Crippen LogP contribution is 2.23. The van der Waals surface area contributed by atoms with Crippen LogP contribution in [-0.2, 0) is 0 Å². The molecule has 0 aliphatic carbocycles. The van der Waals surface area contributed by atoms with Crippen molar-refractivity contribution in [1.82, 2.24) is 9.88 Å². The zero-order chi connectivity index (χ0) is 15.2. The van der Waals surface area contributed by atoms with Gasteiger partial charge in [-0.25, -0.2) is 4.98 Å². The zero-order valence-corrected chi connectivity index (χ0v) is 13.7. The number of rotatable bonds is 6. The fourth-order valence-corrected chi connectivity index (χ4v) is 3.24. The van der Waals surface area contributed by atoms with E-state index in [0.29, 0.717) is 11.3 Å². The first kappa shape index (κ1) is 16.0. The van der Waals surface area contributed by atoms with Crippen molar-refractivity contribution in [3.05, 3.63) is 46.4 Å². The van der Waals surface area contributed by atoms with Gasteiger partial charge in [0, 0.05) is 34.8 Å². The van der Waals surface area contributed by atoms with Gasteiger partial charge in [0.15, 0.2) is 0 Å². The highest BCUT2D eigenvalue weighted by molar-refractivity contribution is 7.99. The normalized spacial score (nSPS) is 12.1. The van der Waals surface area contributed by atoms with E-state index < -0.39 is 0 Å². The van der Waals surface area contributed by atoms with Crippen LogP contribution in [0.5, 0.6) is 0 Å². The highest BCUT2D eigenvalue weighted by atomic mass is 32.2. The van der Waals surface area contributed by atoms with E-state index in [0.717, 1.165) is 9.90 Å². The summed E-state index contributed by atoms with van der Waals surface area (Å²) < 4.78 is 0. The van der Waals surface area contributed by atoms with E-state index >= 15 is 0 Å². The van der Waals surface area contributed by atoms with E-state index in [2.05, 4.69) is 4.98 Å². The predicted octanol–water partition coefficient (Wildman–Crippen LogP) is 3.06. The number of thioether (sulfide) groups is 1. The van der Waals surface area contributed by atoms with Crippen LogP contribution in [0, 0.1) is 0 Å². The van der Waals surface area contributed by atoms with Gasteiger partial charge >= 0.3 is 0 Å². The standard InChI is InChI=1S/C15H18N2O2S2/c1-11(14-16-7-9-21-14)17(2)15(19)12-3-5-13(6-4-12)20-10-8-18/h3-7,9,11,18H,8,10H2,1-2H3/t11-/m0/s1. The Morgan fingerprint density at radius 3 is 2.71 bits per heavy atom. The first-order chi connectivity index (χ1) is 10.1. The van der Waals surface area contributed by atoms with Gasteiger partial charge in [-0.1, -0.05) is 0 Å². The van der Waals surface area contributed by atoms with Crippen molar-refractivity contribution in [1.29, 1.82) is 0 Å². The Labute approximate surface area is 132 Å². The van der Waals surface area contributed by atoms with Crippen molar-refractivity contribution in [2.24, 2.45) is 0 Å². The molecule has 0 radical (unpaired) electrons. The molecule has 0 aliphatic heterocycles. The number of benzene rings is 1. The number of carbonyl (C=O) groups excluding carboxylic acids is 1. The van der Waals surface area contributed by atoms with E-state index in [4.69, 9.17) is 5.11 Å². The van der Waals surface area contributed by atoms with Crippen LogP contribution in [0.25, 0.3) is 0 Å². The van der Waals surface area contributed by atoms with Gasteiger partial charge in [-0.2, -0.15) is 0 Å². The number of nitrogens with zero attached hydrogens (tertiary/aromatic N) is 2. The van der Waals surface area contributed by atoms with Crippen molar-refractivity contribution >= 4 is 29.0 Å². The van der Waals surface area contributed by atoms with Gasteiger partial charge < -0.3 is 10.0 Å². The van der Waals surface area contributed by atoms with E-state index in [1.807, 2.05) is 36.6 Å². The summed E-state index contributed by atoms with van der Waals surface area (Å²) in [5, 5.41) is 11.7. The topological polar surface area (TPSA) is 53.4 Å². The Kier molecular flexibility index (Phi) is 5.78. The molecule has 1 amide bonds. The molecule has 112 valence electrons. The molecule has 1 aromatic carbocycles. The molecule has 4 nitrogen and oxygen atoms in total. The second-order valence-corrected chi connectivity index (χ2v) is 6.65. The third-order valence-electron chi connectivity index (χ3n) is 3.17. The van der Waals surface area contributed by atoms with Crippen LogP contribution < -0.4 is 0 Å². The van der Waals surface area contributed by atoms with Crippen LogP contribution in [0.3, 0.4) is 0 Å². The van der Waals surface area contributed by atoms with E-state index in [-0.39, 0.29) is 18.6 Å². The number of hydrogen-bond acceptors (Lipinski definition) is 5. The lowest BCUT2D eigenvalue weighted by molar-refractivity contribution is 0.0742. The van der Waals surface area contributed by atoms with Crippen LogP contribution in [0.4, 0.5) is 0 Å². The van der Waals surface area contributed by atoms with Crippen LogP contribution >= 0.6 is 23.1 Å². The molecule has 0 saturated heterocycles. The summed E-state index contributed by atoms with van der Waals surface area (Å²) >= 11 is 3.12. The summed E-state index contributed by atoms with van der Waals surface area (Å²) in [6.07, 6.45) is 1.75. The van der Waals surface area contributed by atoms with Gasteiger partial charge in [-0.3, -0.25) is 4.79 Å². The summed E-state index contributed by atoms with van der Waals surface area (Å²) in [6.45, 7) is 2.13. The highest BCUT2D eigenvalue weighted by Gasteiger charge is 2.20. The lowest BCUT2D eigenvalue weighted by Gasteiger charge is -2.23. The van der Waals surface area contributed by atoms with Crippen molar-refractivity contribution in [3.63, 3.8) is 0 Å². The Bertz CT molecular complexity index is 570. The van der Waals surface area contributed by atoms with Gasteiger partial charge in [0.2, 0.25) is 0 Å². The molecule has 1 heterocycles. The Morgan fingerprint density at radius 1 is 1.43 bits per heavy atom. The Hall–Kier alpha value is -1.37. The second-order valence-electron chi connectivity index (χ2n) is 4.56. The summed E-state index contributed by atoms with van der Waals surface area (Å²) in [5.41, 5.74) is 0.661. The van der Waals surface area contributed by atoms with Crippen molar-refractivity contribution in [2.75, 3.05) is 19.4 Å². The zero-order valence-electron chi connectivity index (χ0n) is 12.0. The smallest absolute Gasteiger partial charge is 0.254 e. The van der Waals surface area contributed by atoms with Crippen LogP contribution in [-0.4, -0.2) is 40.3 Å². The number of thiazole rings is 1. The maximum Gasteiger partial charge on any atom is 0.254 e. The van der Waals surface area contributed by atoms with Crippen molar-refractivity contribution in [3.8, 4) is 0 Å². The molecule has 0 spiro atoms. The van der Waals surface area contributed by atoms with E-state index in [1.165, 1.54) is 0 Å². The third kappa shape index (κ3) is 4.06. The summed E-state index contributed by atoms with van der Waals surface area (Å²) in [6, 6.07) is 7.44. The fraction of sp³-hybridized carbons (Fsp3) is 0.333. The van der Waals surface area contributed by atoms with Gasteiger partial charge in [0.25, 0.3) is 5.91 Å². The quantitative estimate of drug-likeness (QED) is 0.831. The Morgan fingerprint density at radius 2 is 2.14 bits per heavy atom. The summed E-state index contributed by atoms with van der Waals surface area (Å²) in [7, 11) is 1.79. The maximum atomic E-state index is 12.5. The minimum absolute atomic E-state index is 0.0172. The number of aliphatic hydroxyl groups excluding tert-OH is 1. The largest absolute Gasteiger partial charge is 0.396 e. The van der Waals surface area contributed by atoms with Crippen molar-refractivity contribution < 1.29 is 9.90 Å². The molecular formula is C15H18N2O2S2. The van der Waals surface area contributed by atoms with Gasteiger partial charge in [-0.15, -0.1) is 23.1 Å². The lowest BCUT2D eigenvalue weighted by Crippen LogP contribution is -2.29. The molecular weight excluding hydrogens is 304 g/mol. The van der Waals surface area contributed by atoms with E-state index in [1.54, 1.807) is 41.2 Å². The average Bonchev–Trinajstić information content (AvgIpc) is 3.05. The molecule has 21 heavy (non-hydrogen) atoms. The number of aliphatic hydroxyl groups is 1. The molecule has 0 aliphatic rings. The minimum Gasteiger partial charge on any atom is -0.396 e. The second kappa shape index (κ2) is 7.59. The van der Waals surface area contributed by atoms with Crippen molar-refractivity contribution in [2.45, 2.75) is 17.9 Å². The summed E-state index contributed by atoms with van der Waals surface area (Å²) in [4.78, 5) is 19.5. The lowest BCUT2D eigenvalue weighted by atomic mass is 10.2. The molecule has 0 fully saturated rings. The maximum absolute atomic E-state index is 12.5. The molecule has 6 heteroatoms. The molecule has 1 aromatic heterocycles. The molecule has 0 saturated carbocycles. The molecule has 2 rings (SSSR count). The molecule has 2 aromatic rings. The number of hydrogen-bond donors (Lipinski definition) is 1. The first-order valence-electron chi connectivity index (χ1n) is 6.63. The number of amides is 1. The molecule has 0 bridgehead atoms. The fourth-order valence-electron chi connectivity index (χ4n) is 1.84. The number of carbonyl (C=O) groups is 1. The monoisotopic (exact) mass is 322 g/mol. The number of aromatic nitrogens is 1. The van der Waals surface area contributed by atoms with Gasteiger partial charge in [0.05, 0.1) is 12.6 Å². The molecule has 0 unspecified atom stereocenters. The minimum atomic E-state index is -0.0408. The first-order valence-corrected chi connectivity index (χ1v) is 8.50. The average molecular weight is 322 g/mol. The Balaban J connectivity index is 2.05. The van der Waals surface area contributed by atoms with Gasteiger partial charge in [-0.05, 0) is 31.2 Å². The predicted molar refractivity (Wildman–Crippen MR) is 86.9 cm³/mol. The summed E-state index contributed by atoms with van der Waals surface area (Å²) in [5.74, 6) is 0.644. The van der Waals surface area contributed by atoms with E-state index in [9.17, 15) is 4.79 Å². The molecule has 1 atom stereocenters. The van der Waals surface area contributed by atoms with Crippen LogP contribution in [0.2, 0.25) is 0 Å². The third-order valence-corrected chi connectivity index (χ3v) is 5.11.